The Kier molecular flexibility index (Phi) is 5.75. The molecule has 2 N–H and O–H groups in total. The topological polar surface area (TPSA) is 64.9 Å². The maximum absolute atomic E-state index is 14.4. The van der Waals surface area contributed by atoms with E-state index in [-0.39, 0.29) is 11.6 Å². The molecule has 5 nitrogen and oxygen atoms in total. The van der Waals surface area contributed by atoms with E-state index >= 15 is 0 Å². The fraction of sp³-hybridized carbons (Fsp3) is 0.263. The van der Waals surface area contributed by atoms with Crippen molar-refractivity contribution in [1.82, 2.24) is 5.43 Å². The summed E-state index contributed by atoms with van der Waals surface area (Å²) < 4.78 is 15.1. The number of nitrogens with one attached hydrogen (secondary N) is 1. The van der Waals surface area contributed by atoms with Crippen LogP contribution in [-0.4, -0.2) is 30.3 Å². The van der Waals surface area contributed by atoms with Gasteiger partial charge in [-0.25, -0.2) is 9.82 Å². The molecule has 2 aromatic rings. The predicted molar refractivity (Wildman–Crippen MR) is 108 cm³/mol. The van der Waals surface area contributed by atoms with Crippen molar-refractivity contribution in [1.29, 1.82) is 0 Å². The summed E-state index contributed by atoms with van der Waals surface area (Å²) in [5.74, 6) is -0.690. The van der Waals surface area contributed by atoms with Crippen LogP contribution in [0.3, 0.4) is 0 Å². The van der Waals surface area contributed by atoms with Crippen molar-refractivity contribution in [2.75, 3.05) is 18.0 Å². The van der Waals surface area contributed by atoms with Gasteiger partial charge in [-0.05, 0) is 78.3 Å². The lowest BCUT2D eigenvalue weighted by molar-refractivity contribution is 0.0954. The second kappa shape index (κ2) is 8.03. The molecule has 0 unspecified atom stereocenters. The van der Waals surface area contributed by atoms with Crippen LogP contribution in [0.2, 0.25) is 0 Å². The normalized spacial score (nSPS) is 14.2. The van der Waals surface area contributed by atoms with E-state index in [2.05, 4.69) is 10.5 Å². The van der Waals surface area contributed by atoms with E-state index in [9.17, 15) is 14.3 Å². The van der Waals surface area contributed by atoms with E-state index in [0.29, 0.717) is 20.4 Å². The van der Waals surface area contributed by atoms with Gasteiger partial charge in [-0.15, -0.1) is 0 Å². The Labute approximate surface area is 165 Å². The lowest BCUT2D eigenvalue weighted by atomic mass is 10.1. The van der Waals surface area contributed by atoms with Gasteiger partial charge in [-0.3, -0.25) is 4.79 Å². The maximum Gasteiger partial charge on any atom is 0.271 e. The summed E-state index contributed by atoms with van der Waals surface area (Å²) in [7, 11) is 0. The molecular formula is C19H19FIN3O2. The molecule has 0 saturated carbocycles. The van der Waals surface area contributed by atoms with Crippen LogP contribution in [0, 0.1) is 16.3 Å². The molecule has 136 valence electrons. The number of aromatic hydroxyl groups is 1. The predicted octanol–water partition coefficient (Wildman–Crippen LogP) is 3.81. The number of phenols is 1. The molecule has 1 fully saturated rings. The number of nitrogens with zero attached hydrogens (tertiary/aromatic N) is 2. The van der Waals surface area contributed by atoms with Gasteiger partial charge in [0, 0.05) is 24.2 Å². The summed E-state index contributed by atoms with van der Waals surface area (Å²) in [4.78, 5) is 14.1. The summed E-state index contributed by atoms with van der Waals surface area (Å²) in [5, 5.41) is 13.6. The Hall–Kier alpha value is -2.16. The largest absolute Gasteiger partial charge is 0.507 e. The minimum Gasteiger partial charge on any atom is -0.507 e. The molecule has 3 rings (SSSR count). The molecule has 1 aliphatic heterocycles. The number of hydrogen-bond donors (Lipinski definition) is 2. The molecule has 0 aromatic heterocycles. The molecule has 0 radical (unpaired) electrons. The number of hydrazone groups is 1. The molecule has 0 bridgehead atoms. The van der Waals surface area contributed by atoms with Crippen LogP contribution in [-0.2, 0) is 0 Å². The molecule has 1 aliphatic rings. The zero-order valence-corrected chi connectivity index (χ0v) is 16.5. The van der Waals surface area contributed by atoms with E-state index in [0.717, 1.165) is 31.5 Å². The Balaban J connectivity index is 1.70. The van der Waals surface area contributed by atoms with Crippen molar-refractivity contribution in [2.24, 2.45) is 5.10 Å². The van der Waals surface area contributed by atoms with Crippen LogP contribution in [0.15, 0.2) is 35.4 Å². The fourth-order valence-electron chi connectivity index (χ4n) is 2.90. The number of anilines is 1. The van der Waals surface area contributed by atoms with E-state index < -0.39 is 5.91 Å². The van der Waals surface area contributed by atoms with Gasteiger partial charge in [0.15, 0.2) is 0 Å². The molecule has 26 heavy (non-hydrogen) atoms. The van der Waals surface area contributed by atoms with Crippen LogP contribution in [0.1, 0.15) is 34.3 Å². The van der Waals surface area contributed by atoms with Gasteiger partial charge < -0.3 is 10.0 Å². The molecule has 7 heteroatoms. The van der Waals surface area contributed by atoms with Gasteiger partial charge in [0.2, 0.25) is 0 Å². The van der Waals surface area contributed by atoms with E-state index in [1.165, 1.54) is 18.3 Å². The molecule has 0 spiro atoms. The van der Waals surface area contributed by atoms with Gasteiger partial charge in [0.05, 0.1) is 15.5 Å². The van der Waals surface area contributed by atoms with Crippen molar-refractivity contribution in [3.63, 3.8) is 0 Å². The molecule has 1 heterocycles. The summed E-state index contributed by atoms with van der Waals surface area (Å²) in [6, 6.07) is 7.88. The first-order chi connectivity index (χ1) is 12.5. The number of benzene rings is 2. The third-order valence-electron chi connectivity index (χ3n) is 4.36. The quantitative estimate of drug-likeness (QED) is 0.409. The first kappa shape index (κ1) is 18.6. The van der Waals surface area contributed by atoms with Crippen LogP contribution in [0.5, 0.6) is 5.75 Å². The van der Waals surface area contributed by atoms with Gasteiger partial charge in [0.25, 0.3) is 5.91 Å². The number of hydrogen-bond acceptors (Lipinski definition) is 4. The van der Waals surface area contributed by atoms with Crippen molar-refractivity contribution in [2.45, 2.75) is 19.8 Å². The third-order valence-corrected chi connectivity index (χ3v) is 5.27. The molecular weight excluding hydrogens is 448 g/mol. The highest BCUT2D eigenvalue weighted by Crippen LogP contribution is 2.26. The van der Waals surface area contributed by atoms with Crippen LogP contribution in [0.4, 0.5) is 10.1 Å². The summed E-state index contributed by atoms with van der Waals surface area (Å²) in [5.41, 5.74) is 4.81. The second-order valence-corrected chi connectivity index (χ2v) is 7.38. The lowest BCUT2D eigenvalue weighted by Gasteiger charge is -2.19. The Morgan fingerprint density at radius 3 is 2.73 bits per heavy atom. The maximum atomic E-state index is 14.4. The molecule has 1 amide bonds. The highest BCUT2D eigenvalue weighted by Gasteiger charge is 2.17. The number of phenolic OH excluding ortho intramolecular Hbond substituents is 1. The minimum atomic E-state index is -0.445. The Morgan fingerprint density at radius 2 is 2.04 bits per heavy atom. The van der Waals surface area contributed by atoms with Crippen molar-refractivity contribution in [3.8, 4) is 5.75 Å². The summed E-state index contributed by atoms with van der Waals surface area (Å²) in [6.45, 7) is 3.64. The summed E-state index contributed by atoms with van der Waals surface area (Å²) in [6.07, 6.45) is 3.60. The number of aryl methyl sites for hydroxylation is 1. The second-order valence-electron chi connectivity index (χ2n) is 6.22. The van der Waals surface area contributed by atoms with E-state index in [1.54, 1.807) is 12.1 Å². The molecule has 1 saturated heterocycles. The molecule has 2 aromatic carbocycles. The van der Waals surface area contributed by atoms with Crippen molar-refractivity contribution >= 4 is 40.4 Å². The van der Waals surface area contributed by atoms with Gasteiger partial charge in [0.1, 0.15) is 11.6 Å². The fourth-order valence-corrected chi connectivity index (χ4v) is 3.24. The zero-order valence-electron chi connectivity index (χ0n) is 14.3. The van der Waals surface area contributed by atoms with Crippen LogP contribution >= 0.6 is 22.6 Å². The smallest absolute Gasteiger partial charge is 0.271 e. The van der Waals surface area contributed by atoms with Gasteiger partial charge in [-0.1, -0.05) is 0 Å². The van der Waals surface area contributed by atoms with Crippen LogP contribution in [0.25, 0.3) is 0 Å². The number of halogens is 2. The summed E-state index contributed by atoms with van der Waals surface area (Å²) >= 11 is 1.97. The first-order valence-electron chi connectivity index (χ1n) is 8.32. The van der Waals surface area contributed by atoms with Crippen LogP contribution < -0.4 is 10.3 Å². The van der Waals surface area contributed by atoms with E-state index in [4.69, 9.17) is 0 Å². The minimum absolute atomic E-state index is 0.0395. The highest BCUT2D eigenvalue weighted by molar-refractivity contribution is 14.1. The number of carbonyl (C=O) groups is 1. The van der Waals surface area contributed by atoms with E-state index in [1.807, 2.05) is 40.5 Å². The molecule has 0 aliphatic carbocycles. The average Bonchev–Trinajstić information content (AvgIpc) is 3.14. The third kappa shape index (κ3) is 4.14. The van der Waals surface area contributed by atoms with Gasteiger partial charge >= 0.3 is 0 Å². The highest BCUT2D eigenvalue weighted by atomic mass is 127. The average molecular weight is 467 g/mol. The SMILES string of the molecule is Cc1cc(N2CCCC2)c(F)cc1C=NNC(=O)c1ccc(I)c(O)c1. The van der Waals surface area contributed by atoms with Crippen molar-refractivity contribution in [3.05, 3.63) is 56.4 Å². The van der Waals surface area contributed by atoms with Gasteiger partial charge in [-0.2, -0.15) is 5.10 Å². The monoisotopic (exact) mass is 467 g/mol. The Bertz CT molecular complexity index is 864. The zero-order chi connectivity index (χ0) is 18.7. The number of carbonyl (C=O) groups excluding carboxylic acids is 1. The van der Waals surface area contributed by atoms with Crippen molar-refractivity contribution < 1.29 is 14.3 Å². The number of amides is 1. The first-order valence-corrected chi connectivity index (χ1v) is 9.40. The Morgan fingerprint density at radius 1 is 1.31 bits per heavy atom. The standard InChI is InChI=1S/C19H19FIN3O2/c1-12-8-17(24-6-2-3-7-24)15(20)9-14(12)11-22-23-19(26)13-4-5-16(21)18(25)10-13/h4-5,8-11,25H,2-3,6-7H2,1H3,(H,23,26). The number of rotatable bonds is 4. The lowest BCUT2D eigenvalue weighted by Crippen LogP contribution is -2.19. The molecule has 0 atom stereocenters.